The summed E-state index contributed by atoms with van der Waals surface area (Å²) in [6.45, 7) is 12.0. The lowest BCUT2D eigenvalue weighted by atomic mass is 9.96. The number of morpholine rings is 1. The Morgan fingerprint density at radius 1 is 1.08 bits per heavy atom. The van der Waals surface area contributed by atoms with Crippen LogP contribution in [0, 0.1) is 20.8 Å². The van der Waals surface area contributed by atoms with Gasteiger partial charge in [0.1, 0.15) is 0 Å². The van der Waals surface area contributed by atoms with E-state index in [2.05, 4.69) is 58.7 Å². The topological polar surface area (TPSA) is 45.6 Å². The first-order chi connectivity index (χ1) is 17.5. The van der Waals surface area contributed by atoms with Gasteiger partial charge in [-0.2, -0.15) is 0 Å². The predicted molar refractivity (Wildman–Crippen MR) is 149 cm³/mol. The van der Waals surface area contributed by atoms with Gasteiger partial charge in [-0.05, 0) is 80.9 Å². The van der Waals surface area contributed by atoms with E-state index in [9.17, 15) is 0 Å². The third-order valence-corrected chi connectivity index (χ3v) is 8.21. The van der Waals surface area contributed by atoms with Crippen LogP contribution in [0.25, 0.3) is 5.69 Å². The van der Waals surface area contributed by atoms with Crippen molar-refractivity contribution in [1.82, 2.24) is 24.7 Å². The Kier molecular flexibility index (Phi) is 7.62. The molecular formula is C28H34ClN5OS. The van der Waals surface area contributed by atoms with Gasteiger partial charge in [-0.1, -0.05) is 23.7 Å². The first-order valence-corrected chi connectivity index (χ1v) is 13.5. The van der Waals surface area contributed by atoms with Gasteiger partial charge in [0.25, 0.3) is 0 Å². The van der Waals surface area contributed by atoms with Gasteiger partial charge in [0, 0.05) is 54.5 Å². The van der Waals surface area contributed by atoms with Crippen molar-refractivity contribution in [2.45, 2.75) is 39.3 Å². The number of nitrogens with zero attached hydrogens (tertiary/aromatic N) is 4. The Hall–Kier alpha value is -2.45. The fraction of sp³-hybridized carbons (Fsp3) is 0.429. The number of rotatable bonds is 7. The summed E-state index contributed by atoms with van der Waals surface area (Å²) in [6, 6.07) is 14.5. The second kappa shape index (κ2) is 10.9. The number of pyridine rings is 1. The van der Waals surface area contributed by atoms with Gasteiger partial charge in [0.2, 0.25) is 0 Å². The fourth-order valence-corrected chi connectivity index (χ4v) is 6.07. The smallest absolute Gasteiger partial charge is 0.170 e. The van der Waals surface area contributed by atoms with E-state index in [4.69, 9.17) is 33.5 Å². The lowest BCUT2D eigenvalue weighted by molar-refractivity contribution is 0.0365. The van der Waals surface area contributed by atoms with E-state index in [1.54, 1.807) is 0 Å². The summed E-state index contributed by atoms with van der Waals surface area (Å²) in [5.74, 6) is 0. The van der Waals surface area contributed by atoms with Gasteiger partial charge in [0.05, 0.1) is 31.0 Å². The molecule has 1 N–H and O–H groups in total. The molecule has 36 heavy (non-hydrogen) atoms. The van der Waals surface area contributed by atoms with Gasteiger partial charge < -0.3 is 19.5 Å². The van der Waals surface area contributed by atoms with Crippen LogP contribution in [-0.4, -0.2) is 63.9 Å². The molecule has 4 heterocycles. The van der Waals surface area contributed by atoms with Crippen LogP contribution in [0.5, 0.6) is 0 Å². The molecule has 6 nitrogen and oxygen atoms in total. The highest BCUT2D eigenvalue weighted by Crippen LogP contribution is 2.41. The summed E-state index contributed by atoms with van der Waals surface area (Å²) in [6.07, 6.45) is 2.90. The number of ether oxygens (including phenoxy) is 1. The molecule has 190 valence electrons. The SMILES string of the molecule is Cc1c(Cl)cccc1-n1c(C)cc([C@@H]2[C@@H](c3ccccn3)NC(=S)N2CCCN2CCOCC2)c1C. The van der Waals surface area contributed by atoms with Gasteiger partial charge >= 0.3 is 0 Å². The van der Waals surface area contributed by atoms with Crippen LogP contribution in [-0.2, 0) is 4.74 Å². The van der Waals surface area contributed by atoms with Crippen LogP contribution in [0.3, 0.4) is 0 Å². The molecule has 2 aliphatic rings. The maximum Gasteiger partial charge on any atom is 0.170 e. The van der Waals surface area contributed by atoms with Gasteiger partial charge in [0.15, 0.2) is 5.11 Å². The second-order valence-corrected chi connectivity index (χ2v) is 10.5. The molecule has 0 bridgehead atoms. The van der Waals surface area contributed by atoms with E-state index in [1.165, 1.54) is 17.0 Å². The van der Waals surface area contributed by atoms with Crippen molar-refractivity contribution in [3.63, 3.8) is 0 Å². The van der Waals surface area contributed by atoms with Crippen LogP contribution >= 0.6 is 23.8 Å². The minimum absolute atomic E-state index is 0.0171. The van der Waals surface area contributed by atoms with Crippen molar-refractivity contribution in [2.24, 2.45) is 0 Å². The fourth-order valence-electron chi connectivity index (χ4n) is 5.57. The lowest BCUT2D eigenvalue weighted by Gasteiger charge is -2.30. The molecule has 0 radical (unpaired) electrons. The third kappa shape index (κ3) is 4.90. The average Bonchev–Trinajstić information content (AvgIpc) is 3.37. The molecule has 0 amide bonds. The maximum atomic E-state index is 6.50. The Morgan fingerprint density at radius 3 is 2.64 bits per heavy atom. The van der Waals surface area contributed by atoms with Crippen molar-refractivity contribution in [2.75, 3.05) is 39.4 Å². The summed E-state index contributed by atoms with van der Waals surface area (Å²) in [4.78, 5) is 9.56. The molecule has 2 atom stereocenters. The van der Waals surface area contributed by atoms with E-state index < -0.39 is 0 Å². The van der Waals surface area contributed by atoms with Crippen LogP contribution in [0.4, 0.5) is 0 Å². The molecule has 2 fully saturated rings. The number of benzene rings is 1. The lowest BCUT2D eigenvalue weighted by Crippen LogP contribution is -2.39. The quantitative estimate of drug-likeness (QED) is 0.432. The molecule has 2 saturated heterocycles. The molecule has 5 rings (SSSR count). The zero-order chi connectivity index (χ0) is 25.2. The van der Waals surface area contributed by atoms with E-state index in [1.807, 2.05) is 30.5 Å². The zero-order valence-electron chi connectivity index (χ0n) is 21.2. The minimum Gasteiger partial charge on any atom is -0.379 e. The van der Waals surface area contributed by atoms with Gasteiger partial charge in [-0.3, -0.25) is 9.88 Å². The maximum absolute atomic E-state index is 6.50. The number of aromatic nitrogens is 2. The average molecular weight is 524 g/mol. The Bertz CT molecular complexity index is 1220. The second-order valence-electron chi connectivity index (χ2n) is 9.67. The molecule has 0 unspecified atom stereocenters. The number of hydrogen-bond donors (Lipinski definition) is 1. The molecule has 0 spiro atoms. The van der Waals surface area contributed by atoms with E-state index >= 15 is 0 Å². The Morgan fingerprint density at radius 2 is 1.89 bits per heavy atom. The van der Waals surface area contributed by atoms with Gasteiger partial charge in [-0.25, -0.2) is 0 Å². The molecule has 3 aromatic rings. The number of hydrogen-bond acceptors (Lipinski definition) is 4. The van der Waals surface area contributed by atoms with E-state index in [-0.39, 0.29) is 12.1 Å². The zero-order valence-corrected chi connectivity index (χ0v) is 22.8. The number of aryl methyl sites for hydroxylation is 1. The molecular weight excluding hydrogens is 490 g/mol. The number of thiocarbonyl (C=S) groups is 1. The molecule has 8 heteroatoms. The first-order valence-electron chi connectivity index (χ1n) is 12.7. The minimum atomic E-state index is -0.0171. The normalized spacial score (nSPS) is 20.7. The Labute approximate surface area is 224 Å². The molecule has 1 aromatic carbocycles. The highest BCUT2D eigenvalue weighted by atomic mass is 35.5. The van der Waals surface area contributed by atoms with E-state index in [0.29, 0.717) is 0 Å². The highest BCUT2D eigenvalue weighted by Gasteiger charge is 2.41. The summed E-state index contributed by atoms with van der Waals surface area (Å²) in [5.41, 5.74) is 6.85. The van der Waals surface area contributed by atoms with Crippen LogP contribution in [0.2, 0.25) is 5.02 Å². The third-order valence-electron chi connectivity index (χ3n) is 7.44. The largest absolute Gasteiger partial charge is 0.379 e. The highest BCUT2D eigenvalue weighted by molar-refractivity contribution is 7.80. The standard InChI is InChI=1S/C28H34ClN5OS/c1-19-18-22(21(3)34(19)25-10-6-8-23(29)20(25)2)27-26(24-9-4-5-11-30-24)31-28(36)33(27)13-7-12-32-14-16-35-17-15-32/h4-6,8-11,18,26-27H,7,12-17H2,1-3H3,(H,31,36)/t26-,27-/m1/s1. The molecule has 2 aromatic heterocycles. The predicted octanol–water partition coefficient (Wildman–Crippen LogP) is 5.15. The van der Waals surface area contributed by atoms with Crippen molar-refractivity contribution in [3.8, 4) is 5.69 Å². The Balaban J connectivity index is 1.50. The van der Waals surface area contributed by atoms with Gasteiger partial charge in [-0.15, -0.1) is 0 Å². The monoisotopic (exact) mass is 523 g/mol. The van der Waals surface area contributed by atoms with Crippen LogP contribution in [0.1, 0.15) is 46.7 Å². The molecule has 2 aliphatic heterocycles. The van der Waals surface area contributed by atoms with Crippen molar-refractivity contribution in [1.29, 1.82) is 0 Å². The summed E-state index contributed by atoms with van der Waals surface area (Å²) in [7, 11) is 0. The van der Waals surface area contributed by atoms with Crippen molar-refractivity contribution >= 4 is 28.9 Å². The van der Waals surface area contributed by atoms with Crippen molar-refractivity contribution < 1.29 is 4.74 Å². The van der Waals surface area contributed by atoms with Crippen LogP contribution < -0.4 is 5.32 Å². The summed E-state index contributed by atoms with van der Waals surface area (Å²) >= 11 is 12.4. The summed E-state index contributed by atoms with van der Waals surface area (Å²) < 4.78 is 7.83. The molecule has 0 aliphatic carbocycles. The van der Waals surface area contributed by atoms with E-state index in [0.717, 1.165) is 72.9 Å². The first kappa shape index (κ1) is 25.2. The number of nitrogens with one attached hydrogen (secondary N) is 1. The number of halogens is 1. The van der Waals surface area contributed by atoms with Crippen molar-refractivity contribution in [3.05, 3.63) is 81.9 Å². The van der Waals surface area contributed by atoms with Crippen LogP contribution in [0.15, 0.2) is 48.7 Å². The molecule has 0 saturated carbocycles. The summed E-state index contributed by atoms with van der Waals surface area (Å²) in [5, 5.41) is 5.18.